The number of nitrogens with one attached hydrogen (secondary N) is 3. The number of carboxylic acids is 1. The van der Waals surface area contributed by atoms with Crippen molar-refractivity contribution in [1.82, 2.24) is 16.0 Å². The van der Waals surface area contributed by atoms with E-state index in [-0.39, 0.29) is 31.8 Å². The van der Waals surface area contributed by atoms with Crippen LogP contribution in [0.5, 0.6) is 0 Å². The van der Waals surface area contributed by atoms with Crippen molar-refractivity contribution in [2.24, 2.45) is 0 Å². The molecule has 0 fully saturated rings. The normalized spacial score (nSPS) is 11.9. The number of amides is 3. The summed E-state index contributed by atoms with van der Waals surface area (Å²) in [5.41, 5.74) is 1.95. The summed E-state index contributed by atoms with van der Waals surface area (Å²) in [5, 5.41) is 24.1. The molecule has 0 aromatic heterocycles. The first-order valence-corrected chi connectivity index (χ1v) is 13.6. The quantitative estimate of drug-likeness (QED) is 0.176. The number of carboxylic acid groups (broad SMARTS) is 1. The number of benzene rings is 5. The first-order valence-electron chi connectivity index (χ1n) is 13.6. The summed E-state index contributed by atoms with van der Waals surface area (Å²) in [5.74, 6) is -2.57. The van der Waals surface area contributed by atoms with Gasteiger partial charge in [-0.2, -0.15) is 0 Å². The number of aliphatic carboxylic acids is 1. The fourth-order valence-corrected chi connectivity index (χ4v) is 5.26. The van der Waals surface area contributed by atoms with E-state index in [2.05, 4.69) is 70.5 Å². The van der Waals surface area contributed by atoms with E-state index in [1.807, 2.05) is 6.07 Å². The molecule has 8 nitrogen and oxygen atoms in total. The molecule has 0 unspecified atom stereocenters. The summed E-state index contributed by atoms with van der Waals surface area (Å²) >= 11 is 0. The maximum Gasteiger partial charge on any atom is 0.326 e. The molecule has 5 aromatic rings. The van der Waals surface area contributed by atoms with E-state index in [1.165, 1.54) is 37.9 Å². The van der Waals surface area contributed by atoms with Crippen LogP contribution in [0.25, 0.3) is 32.3 Å². The van der Waals surface area contributed by atoms with E-state index in [4.69, 9.17) is 0 Å². The van der Waals surface area contributed by atoms with Crippen LogP contribution in [0.1, 0.15) is 24.0 Å². The van der Waals surface area contributed by atoms with E-state index >= 15 is 0 Å². The Bertz CT molecular complexity index is 1700. The minimum Gasteiger partial charge on any atom is -0.480 e. The van der Waals surface area contributed by atoms with Crippen molar-refractivity contribution >= 4 is 56.0 Å². The zero-order valence-electron chi connectivity index (χ0n) is 22.5. The Kier molecular flexibility index (Phi) is 8.39. The average Bonchev–Trinajstić information content (AvgIpc) is 2.98. The standard InChI is InChI=1S/C33H31N3O5/c37-28(34-19-29(38)35-20-30(39)36-27(33(40)41)18-21-6-2-1-3-7-21)11-5-8-22-12-13-25-15-14-23-9-4-10-24-16-17-26(22)32(25)31(23)24/h1-4,6-7,9-10,12-17,27H,5,8,11,18-20H2,(H,34,37)(H,35,38)(H,36,39)(H,40,41)/t27-/m0/s1. The van der Waals surface area contributed by atoms with E-state index in [1.54, 1.807) is 24.3 Å². The largest absolute Gasteiger partial charge is 0.480 e. The van der Waals surface area contributed by atoms with Gasteiger partial charge >= 0.3 is 5.97 Å². The molecule has 3 amide bonds. The molecule has 0 aliphatic rings. The van der Waals surface area contributed by atoms with Crippen molar-refractivity contribution in [3.63, 3.8) is 0 Å². The fourth-order valence-electron chi connectivity index (χ4n) is 5.26. The number of hydrogen-bond donors (Lipinski definition) is 4. The summed E-state index contributed by atoms with van der Waals surface area (Å²) in [6.45, 7) is -0.654. The molecule has 0 saturated carbocycles. The third kappa shape index (κ3) is 6.61. The lowest BCUT2D eigenvalue weighted by Gasteiger charge is -2.15. The van der Waals surface area contributed by atoms with Gasteiger partial charge in [-0.05, 0) is 56.3 Å². The molecule has 0 bridgehead atoms. The fraction of sp³-hybridized carbons (Fsp3) is 0.212. The van der Waals surface area contributed by atoms with Gasteiger partial charge in [0.1, 0.15) is 6.04 Å². The molecule has 208 valence electrons. The zero-order valence-corrected chi connectivity index (χ0v) is 22.5. The number of carbonyl (C=O) groups excluding carboxylic acids is 3. The molecule has 0 aliphatic heterocycles. The van der Waals surface area contributed by atoms with Crippen molar-refractivity contribution in [2.75, 3.05) is 13.1 Å². The maximum absolute atomic E-state index is 12.4. The second kappa shape index (κ2) is 12.5. The van der Waals surface area contributed by atoms with Gasteiger partial charge in [-0.25, -0.2) is 4.79 Å². The Balaban J connectivity index is 1.06. The van der Waals surface area contributed by atoms with Crippen molar-refractivity contribution in [1.29, 1.82) is 0 Å². The molecular formula is C33H31N3O5. The van der Waals surface area contributed by atoms with Gasteiger partial charge in [0.25, 0.3) is 0 Å². The smallest absolute Gasteiger partial charge is 0.326 e. The first kappa shape index (κ1) is 27.6. The van der Waals surface area contributed by atoms with Gasteiger partial charge in [0.2, 0.25) is 17.7 Å². The molecular weight excluding hydrogens is 518 g/mol. The van der Waals surface area contributed by atoms with Gasteiger partial charge in [-0.15, -0.1) is 0 Å². The summed E-state index contributed by atoms with van der Waals surface area (Å²) in [7, 11) is 0. The Labute approximate surface area is 237 Å². The van der Waals surface area contributed by atoms with Gasteiger partial charge in [-0.1, -0.05) is 84.9 Å². The average molecular weight is 550 g/mol. The van der Waals surface area contributed by atoms with Crippen LogP contribution in [0, 0.1) is 0 Å². The Hall–Kier alpha value is -4.98. The summed E-state index contributed by atoms with van der Waals surface area (Å²) in [6, 6.07) is 27.0. The molecule has 1 atom stereocenters. The topological polar surface area (TPSA) is 125 Å². The van der Waals surface area contributed by atoms with Crippen LogP contribution < -0.4 is 16.0 Å². The van der Waals surface area contributed by atoms with Crippen molar-refractivity contribution in [2.45, 2.75) is 31.7 Å². The molecule has 0 heterocycles. The zero-order chi connectivity index (χ0) is 28.8. The predicted octanol–water partition coefficient (Wildman–Crippen LogP) is 3.95. The molecule has 0 spiro atoms. The van der Waals surface area contributed by atoms with Crippen molar-refractivity contribution in [3.8, 4) is 0 Å². The number of hydrogen-bond acceptors (Lipinski definition) is 4. The molecule has 0 radical (unpaired) electrons. The van der Waals surface area contributed by atoms with Gasteiger partial charge < -0.3 is 21.1 Å². The maximum atomic E-state index is 12.4. The second-order valence-electron chi connectivity index (χ2n) is 10.1. The predicted molar refractivity (Wildman–Crippen MR) is 159 cm³/mol. The van der Waals surface area contributed by atoms with E-state index < -0.39 is 23.8 Å². The minimum absolute atomic E-state index is 0.126. The highest BCUT2D eigenvalue weighted by Gasteiger charge is 2.20. The van der Waals surface area contributed by atoms with Gasteiger partial charge in [0, 0.05) is 12.8 Å². The summed E-state index contributed by atoms with van der Waals surface area (Å²) < 4.78 is 0. The third-order valence-corrected chi connectivity index (χ3v) is 7.28. The molecule has 5 rings (SSSR count). The van der Waals surface area contributed by atoms with Crippen LogP contribution in [0.4, 0.5) is 0 Å². The summed E-state index contributed by atoms with van der Waals surface area (Å²) in [4.78, 5) is 48.2. The monoisotopic (exact) mass is 549 g/mol. The Morgan fingerprint density at radius 3 is 2.02 bits per heavy atom. The van der Waals surface area contributed by atoms with Crippen LogP contribution in [-0.2, 0) is 32.0 Å². The van der Waals surface area contributed by atoms with Crippen LogP contribution in [0.3, 0.4) is 0 Å². The number of carbonyl (C=O) groups is 4. The number of aryl methyl sites for hydroxylation is 1. The molecule has 0 saturated heterocycles. The van der Waals surface area contributed by atoms with Crippen LogP contribution in [0.15, 0.2) is 84.9 Å². The highest BCUT2D eigenvalue weighted by molar-refractivity contribution is 6.23. The van der Waals surface area contributed by atoms with Gasteiger partial charge in [-0.3, -0.25) is 14.4 Å². The Morgan fingerprint density at radius 1 is 0.659 bits per heavy atom. The van der Waals surface area contributed by atoms with Gasteiger partial charge in [0.15, 0.2) is 0 Å². The molecule has 8 heteroatoms. The van der Waals surface area contributed by atoms with E-state index in [0.717, 1.165) is 12.0 Å². The summed E-state index contributed by atoms with van der Waals surface area (Å²) in [6.07, 6.45) is 1.73. The SMILES string of the molecule is O=C(CCCc1ccc2ccc3cccc4ccc1c2c34)NCC(=O)NCC(=O)N[C@@H](Cc1ccccc1)C(=O)O. The molecule has 4 N–H and O–H groups in total. The number of rotatable bonds is 12. The molecule has 41 heavy (non-hydrogen) atoms. The van der Waals surface area contributed by atoms with Crippen molar-refractivity contribution < 1.29 is 24.3 Å². The molecule has 5 aromatic carbocycles. The Morgan fingerprint density at radius 2 is 1.29 bits per heavy atom. The third-order valence-electron chi connectivity index (χ3n) is 7.28. The second-order valence-corrected chi connectivity index (χ2v) is 10.1. The van der Waals surface area contributed by atoms with E-state index in [9.17, 15) is 24.3 Å². The lowest BCUT2D eigenvalue weighted by Crippen LogP contribution is -2.47. The van der Waals surface area contributed by atoms with Crippen LogP contribution in [0.2, 0.25) is 0 Å². The van der Waals surface area contributed by atoms with Crippen LogP contribution in [-0.4, -0.2) is 47.9 Å². The van der Waals surface area contributed by atoms with Gasteiger partial charge in [0.05, 0.1) is 13.1 Å². The van der Waals surface area contributed by atoms with Crippen LogP contribution >= 0.6 is 0 Å². The lowest BCUT2D eigenvalue weighted by atomic mass is 9.90. The van der Waals surface area contributed by atoms with Crippen molar-refractivity contribution in [3.05, 3.63) is 96.1 Å². The lowest BCUT2D eigenvalue weighted by molar-refractivity contribution is -0.141. The highest BCUT2D eigenvalue weighted by Crippen LogP contribution is 2.36. The minimum atomic E-state index is -1.16. The molecule has 0 aliphatic carbocycles. The van der Waals surface area contributed by atoms with E-state index in [0.29, 0.717) is 6.42 Å². The highest BCUT2D eigenvalue weighted by atomic mass is 16.4. The first-order chi connectivity index (χ1) is 19.9.